The van der Waals surface area contributed by atoms with E-state index in [0.29, 0.717) is 0 Å². The largest absolute Gasteiger partial charge is 0.484 e. The number of alkyl halides is 3. The quantitative estimate of drug-likeness (QED) is 0.143. The van der Waals surface area contributed by atoms with Crippen LogP contribution in [0.1, 0.15) is 23.2 Å². The molecule has 3 amide bonds. The molecule has 1 spiro atoms. The minimum absolute atomic E-state index is 0.0346. The number of likely N-dealkylation sites (tertiary alicyclic amines) is 1. The zero-order valence-corrected chi connectivity index (χ0v) is 20.1. The van der Waals surface area contributed by atoms with Crippen LogP contribution in [0.4, 0.5) is 13.2 Å². The van der Waals surface area contributed by atoms with Gasteiger partial charge in [-0.05, 0) is 18.2 Å². The van der Waals surface area contributed by atoms with Crippen LogP contribution in [0.25, 0.3) is 0 Å². The van der Waals surface area contributed by atoms with Crippen molar-refractivity contribution >= 4 is 29.6 Å². The lowest BCUT2D eigenvalue weighted by Gasteiger charge is -2.51. The van der Waals surface area contributed by atoms with E-state index in [0.717, 1.165) is 11.0 Å². The first kappa shape index (κ1) is 26.5. The summed E-state index contributed by atoms with van der Waals surface area (Å²) in [6.45, 7) is -2.09. The van der Waals surface area contributed by atoms with Gasteiger partial charge in [-0.25, -0.2) is 0 Å². The molecule has 4 heterocycles. The number of carbonyl (C=O) groups excluding carboxylic acids is 3. The summed E-state index contributed by atoms with van der Waals surface area (Å²) in [6, 6.07) is 1.46. The van der Waals surface area contributed by atoms with Gasteiger partial charge in [0.2, 0.25) is 17.6 Å². The van der Waals surface area contributed by atoms with Gasteiger partial charge in [0, 0.05) is 24.9 Å². The second-order valence-corrected chi connectivity index (χ2v) is 9.68. The summed E-state index contributed by atoms with van der Waals surface area (Å²) in [6.07, 6.45) is -4.52. The Labute approximate surface area is 218 Å². The fraction of sp³-hybridized carbons (Fsp3) is 0.500. The van der Waals surface area contributed by atoms with Gasteiger partial charge in [-0.15, -0.1) is 0 Å². The monoisotopic (exact) mass is 554 g/mol. The third-order valence-electron chi connectivity index (χ3n) is 7.24. The van der Waals surface area contributed by atoms with Crippen LogP contribution in [-0.4, -0.2) is 105 Å². The van der Waals surface area contributed by atoms with E-state index in [-0.39, 0.29) is 49.2 Å². The lowest BCUT2D eigenvalue weighted by molar-refractivity contribution is -0.232. The fourth-order valence-corrected chi connectivity index (χ4v) is 5.49. The Kier molecular flexibility index (Phi) is 6.10. The Hall–Kier alpha value is -4.12. The van der Waals surface area contributed by atoms with E-state index >= 15 is 0 Å². The molecule has 0 radical (unpaired) electrons. The zero-order valence-electron chi connectivity index (χ0n) is 20.1. The van der Waals surface area contributed by atoms with E-state index in [1.54, 1.807) is 0 Å². The summed E-state index contributed by atoms with van der Waals surface area (Å²) in [7, 11) is 0. The first-order valence-electron chi connectivity index (χ1n) is 11.9. The van der Waals surface area contributed by atoms with Crippen molar-refractivity contribution in [2.75, 3.05) is 19.7 Å². The average molecular weight is 554 g/mol. The lowest BCUT2D eigenvalue weighted by atomic mass is 9.84. The van der Waals surface area contributed by atoms with Crippen molar-refractivity contribution in [3.63, 3.8) is 0 Å². The van der Waals surface area contributed by atoms with E-state index in [2.05, 4.69) is 26.0 Å². The molecule has 39 heavy (non-hydrogen) atoms. The van der Waals surface area contributed by atoms with Crippen LogP contribution < -0.4 is 26.0 Å². The van der Waals surface area contributed by atoms with E-state index in [9.17, 15) is 37.8 Å². The van der Waals surface area contributed by atoms with Gasteiger partial charge in [-0.2, -0.15) is 13.2 Å². The highest BCUT2D eigenvalue weighted by molar-refractivity contribution is 6.02. The Bertz CT molecular complexity index is 1240. The van der Waals surface area contributed by atoms with Crippen LogP contribution in [0.3, 0.4) is 0 Å². The number of hydrogen-bond donors (Lipinski definition) is 8. The summed E-state index contributed by atoms with van der Waals surface area (Å²) in [5, 5.41) is 50.2. The molecular formula is C22H25F3N8O6. The Balaban J connectivity index is 1.39. The van der Waals surface area contributed by atoms with E-state index < -0.39 is 60.1 Å². The third-order valence-corrected chi connectivity index (χ3v) is 7.24. The molecule has 8 N–H and O–H groups in total. The van der Waals surface area contributed by atoms with Crippen molar-refractivity contribution in [1.29, 1.82) is 10.8 Å². The van der Waals surface area contributed by atoms with Gasteiger partial charge in [0.15, 0.2) is 24.2 Å². The highest BCUT2D eigenvalue weighted by Gasteiger charge is 2.74. The van der Waals surface area contributed by atoms with E-state index in [1.807, 2.05) is 0 Å². The number of ether oxygens (including phenoxy) is 1. The minimum Gasteiger partial charge on any atom is -0.484 e. The molecule has 0 saturated carbocycles. The van der Waals surface area contributed by atoms with Gasteiger partial charge in [0.25, 0.3) is 5.91 Å². The summed E-state index contributed by atoms with van der Waals surface area (Å²) < 4.78 is 42.2. The fourth-order valence-electron chi connectivity index (χ4n) is 5.49. The molecule has 0 aliphatic carbocycles. The zero-order chi connectivity index (χ0) is 28.3. The molecule has 4 saturated heterocycles. The molecule has 14 nitrogen and oxygen atoms in total. The Morgan fingerprint density at radius 3 is 2.54 bits per heavy atom. The van der Waals surface area contributed by atoms with Gasteiger partial charge in [-0.1, -0.05) is 6.07 Å². The number of nitrogens with one attached hydrogen (secondary N) is 6. The SMILES string of the molecule is N=C1NC2[C@H](CN3C(=O)CCC3=O)NC(=N)N3CC(NC(=O)c4cccc(OCC(F)(F)F)c4)C(O)(O)C23N1. The van der Waals surface area contributed by atoms with Crippen molar-refractivity contribution in [1.82, 2.24) is 31.1 Å². The van der Waals surface area contributed by atoms with Crippen molar-refractivity contribution < 1.29 is 42.5 Å². The van der Waals surface area contributed by atoms with Crippen LogP contribution in [-0.2, 0) is 9.59 Å². The topological polar surface area (TPSA) is 203 Å². The van der Waals surface area contributed by atoms with Crippen LogP contribution in [0, 0.1) is 10.8 Å². The van der Waals surface area contributed by atoms with Crippen LogP contribution >= 0.6 is 0 Å². The summed E-state index contributed by atoms with van der Waals surface area (Å²) >= 11 is 0. The predicted octanol–water partition coefficient (Wildman–Crippen LogP) is -2.03. The van der Waals surface area contributed by atoms with E-state index in [1.165, 1.54) is 23.1 Å². The number of amides is 3. The van der Waals surface area contributed by atoms with Gasteiger partial charge in [-0.3, -0.25) is 30.1 Å². The summed E-state index contributed by atoms with van der Waals surface area (Å²) in [5.74, 6) is -5.37. The molecule has 3 unspecified atom stereocenters. The molecule has 1 aromatic rings. The van der Waals surface area contributed by atoms with Gasteiger partial charge in [0.05, 0.1) is 18.6 Å². The minimum atomic E-state index is -4.59. The number of imide groups is 1. The molecule has 210 valence electrons. The maximum atomic E-state index is 13.0. The molecular weight excluding hydrogens is 529 g/mol. The Morgan fingerprint density at radius 2 is 1.87 bits per heavy atom. The number of carbonyl (C=O) groups is 3. The van der Waals surface area contributed by atoms with Gasteiger partial charge >= 0.3 is 6.18 Å². The molecule has 4 atom stereocenters. The highest BCUT2D eigenvalue weighted by Crippen LogP contribution is 2.43. The van der Waals surface area contributed by atoms with Crippen LogP contribution in [0.15, 0.2) is 24.3 Å². The standard InChI is InChI=1S/C22H25F3N8O6/c23-20(24,25)9-39-11-3-1-2-10(6-11)17(36)29-13-8-33-19(27)28-12(7-32-14(34)4-5-15(32)35)16-21(33,22(13,37)38)31-18(26)30-16/h1-3,6,12-13,16,37-38H,4-5,7-9H2,(H2,27,28)(H,29,36)(H3,26,30,31)/t12-,13?,16?,21?/m0/s1. The summed E-state index contributed by atoms with van der Waals surface area (Å²) in [4.78, 5) is 39.6. The molecule has 4 fully saturated rings. The molecule has 4 aliphatic heterocycles. The maximum absolute atomic E-state index is 13.0. The van der Waals surface area contributed by atoms with Crippen molar-refractivity contribution in [2.45, 2.75) is 48.6 Å². The first-order valence-corrected chi connectivity index (χ1v) is 11.9. The predicted molar refractivity (Wildman–Crippen MR) is 124 cm³/mol. The maximum Gasteiger partial charge on any atom is 0.422 e. The third kappa shape index (κ3) is 4.36. The molecule has 4 aliphatic rings. The second-order valence-electron chi connectivity index (χ2n) is 9.68. The van der Waals surface area contributed by atoms with Crippen LogP contribution in [0.5, 0.6) is 5.75 Å². The number of benzene rings is 1. The number of halogens is 3. The average Bonchev–Trinajstić information content (AvgIpc) is 3.45. The number of nitrogens with zero attached hydrogens (tertiary/aromatic N) is 2. The van der Waals surface area contributed by atoms with Crippen molar-refractivity contribution in [3.8, 4) is 5.75 Å². The van der Waals surface area contributed by atoms with Crippen molar-refractivity contribution in [3.05, 3.63) is 29.8 Å². The number of rotatable bonds is 6. The van der Waals surface area contributed by atoms with Gasteiger partial charge < -0.3 is 41.1 Å². The van der Waals surface area contributed by atoms with Crippen molar-refractivity contribution in [2.24, 2.45) is 0 Å². The molecule has 5 rings (SSSR count). The highest BCUT2D eigenvalue weighted by atomic mass is 19.4. The Morgan fingerprint density at radius 1 is 1.18 bits per heavy atom. The molecule has 0 bridgehead atoms. The number of guanidine groups is 2. The smallest absolute Gasteiger partial charge is 0.422 e. The molecule has 17 heteroatoms. The number of aliphatic hydroxyl groups is 2. The van der Waals surface area contributed by atoms with E-state index in [4.69, 9.17) is 10.8 Å². The second kappa shape index (κ2) is 8.98. The summed E-state index contributed by atoms with van der Waals surface area (Å²) in [5.41, 5.74) is -2.08. The molecule has 1 aromatic carbocycles. The van der Waals surface area contributed by atoms with Gasteiger partial charge in [0.1, 0.15) is 11.8 Å². The van der Waals surface area contributed by atoms with Crippen LogP contribution in [0.2, 0.25) is 0 Å². The lowest BCUT2D eigenvalue weighted by Crippen LogP contribution is -2.81. The molecule has 0 aromatic heterocycles. The normalized spacial score (nSPS) is 29.4. The first-order chi connectivity index (χ1) is 18.2. The number of hydrogen-bond acceptors (Lipinski definition) is 8.